The summed E-state index contributed by atoms with van der Waals surface area (Å²) in [7, 11) is 0. The monoisotopic (exact) mass is 1020 g/mol. The lowest BCUT2D eigenvalue weighted by molar-refractivity contribution is -0.144. The van der Waals surface area contributed by atoms with Gasteiger partial charge in [0.1, 0.15) is 0 Å². The van der Waals surface area contributed by atoms with E-state index < -0.39 is 5.97 Å². The molecule has 72 heavy (non-hydrogen) atoms. The normalized spacial score (nSPS) is 11.8. The van der Waals surface area contributed by atoms with Crippen LogP contribution < -0.4 is 0 Å². The maximum Gasteiger partial charge on any atom is 0.306 e. The van der Waals surface area contributed by atoms with E-state index in [9.17, 15) is 14.7 Å². The van der Waals surface area contributed by atoms with Crippen molar-refractivity contribution in [3.8, 4) is 0 Å². The standard InChI is InChI=1S/2C34H68O2/c1-3-5-7-9-11-13-15-17-18-19-20-22-24-26-28-30-32-33(34(35)36)31-29-27-25-23-21-16-14-12-10-8-6-4-2;1-3-5-7-9-11-13-15-17-18-19-21-23-25-27-29-31-33-36-34(35)32-30-28-26-24-22-20-16-14-12-10-8-6-4-2/h33H,3-32H2,1-2H3,(H,35,36);3-33H2,1-2H3. The number of rotatable bonds is 62. The highest BCUT2D eigenvalue weighted by molar-refractivity contribution is 5.70. The number of unbranched alkanes of at least 4 members (excludes halogenated alkanes) is 53. The van der Waals surface area contributed by atoms with Gasteiger partial charge < -0.3 is 9.84 Å². The Bertz CT molecular complexity index is 977. The average Bonchev–Trinajstić information content (AvgIpc) is 3.38. The first-order valence-electron chi connectivity index (χ1n) is 33.9. The lowest BCUT2D eigenvalue weighted by atomic mass is 9.94. The number of carboxylic acid groups (broad SMARTS) is 1. The van der Waals surface area contributed by atoms with Gasteiger partial charge in [0.05, 0.1) is 12.5 Å². The van der Waals surface area contributed by atoms with Crippen molar-refractivity contribution in [2.75, 3.05) is 6.61 Å². The van der Waals surface area contributed by atoms with Crippen molar-refractivity contribution in [3.63, 3.8) is 0 Å². The van der Waals surface area contributed by atoms with Crippen LogP contribution >= 0.6 is 0 Å². The molecule has 1 N–H and O–H groups in total. The van der Waals surface area contributed by atoms with Gasteiger partial charge in [0, 0.05) is 6.42 Å². The van der Waals surface area contributed by atoms with Crippen LogP contribution in [0.2, 0.25) is 0 Å². The summed E-state index contributed by atoms with van der Waals surface area (Å²) in [6.45, 7) is 9.77. The number of carboxylic acids is 1. The van der Waals surface area contributed by atoms with Crippen molar-refractivity contribution in [2.24, 2.45) is 5.92 Å². The highest BCUT2D eigenvalue weighted by Crippen LogP contribution is 2.21. The lowest BCUT2D eigenvalue weighted by Gasteiger charge is -2.12. The lowest BCUT2D eigenvalue weighted by Crippen LogP contribution is -2.13. The molecule has 0 aromatic carbocycles. The maximum atomic E-state index is 11.9. The summed E-state index contributed by atoms with van der Waals surface area (Å²) in [5.74, 6) is -0.627. The minimum absolute atomic E-state index is 0.0269. The molecule has 1 unspecified atom stereocenters. The minimum Gasteiger partial charge on any atom is -0.481 e. The van der Waals surface area contributed by atoms with Crippen molar-refractivity contribution in [1.82, 2.24) is 0 Å². The molecule has 0 radical (unpaired) electrons. The largest absolute Gasteiger partial charge is 0.481 e. The third-order valence-electron chi connectivity index (χ3n) is 15.9. The first kappa shape index (κ1) is 73.0. The predicted molar refractivity (Wildman–Crippen MR) is 322 cm³/mol. The zero-order valence-corrected chi connectivity index (χ0v) is 50.4. The van der Waals surface area contributed by atoms with Gasteiger partial charge in [-0.3, -0.25) is 9.59 Å². The van der Waals surface area contributed by atoms with Gasteiger partial charge in [-0.15, -0.1) is 0 Å². The number of hydrogen-bond donors (Lipinski definition) is 1. The van der Waals surface area contributed by atoms with E-state index in [-0.39, 0.29) is 11.9 Å². The number of carbonyl (C=O) groups excluding carboxylic acids is 1. The molecule has 4 heteroatoms. The molecule has 432 valence electrons. The van der Waals surface area contributed by atoms with Gasteiger partial charge in [0.25, 0.3) is 0 Å². The van der Waals surface area contributed by atoms with Crippen LogP contribution in [0.5, 0.6) is 0 Å². The van der Waals surface area contributed by atoms with Crippen LogP contribution in [0.15, 0.2) is 0 Å². The van der Waals surface area contributed by atoms with E-state index in [1.165, 1.54) is 340 Å². The molecule has 0 aromatic heterocycles. The first-order valence-corrected chi connectivity index (χ1v) is 33.9. The average molecular weight is 1020 g/mol. The van der Waals surface area contributed by atoms with E-state index in [1.807, 2.05) is 0 Å². The summed E-state index contributed by atoms with van der Waals surface area (Å²) in [6, 6.07) is 0. The van der Waals surface area contributed by atoms with Gasteiger partial charge >= 0.3 is 11.9 Å². The molecular formula is C68H136O4. The molecule has 0 bridgehead atoms. The van der Waals surface area contributed by atoms with E-state index in [0.29, 0.717) is 13.0 Å². The van der Waals surface area contributed by atoms with Crippen LogP contribution in [0.1, 0.15) is 413 Å². The molecule has 0 aliphatic rings. The highest BCUT2D eigenvalue weighted by atomic mass is 16.5. The molecule has 0 amide bonds. The Morgan fingerprint density at radius 1 is 0.264 bits per heavy atom. The topological polar surface area (TPSA) is 63.6 Å². The van der Waals surface area contributed by atoms with Crippen molar-refractivity contribution >= 4 is 11.9 Å². The number of hydrogen-bond acceptors (Lipinski definition) is 3. The van der Waals surface area contributed by atoms with Crippen LogP contribution in [0, 0.1) is 5.92 Å². The molecular weight excluding hydrogens is 881 g/mol. The Labute approximate surface area is 454 Å². The Morgan fingerprint density at radius 3 is 0.653 bits per heavy atom. The third kappa shape index (κ3) is 67.0. The van der Waals surface area contributed by atoms with Gasteiger partial charge in [0.2, 0.25) is 0 Å². The molecule has 0 aliphatic carbocycles. The Balaban J connectivity index is 0. The van der Waals surface area contributed by atoms with Crippen molar-refractivity contribution in [1.29, 1.82) is 0 Å². The molecule has 0 saturated heterocycles. The fourth-order valence-electron chi connectivity index (χ4n) is 10.8. The predicted octanol–water partition coefficient (Wildman–Crippen LogP) is 24.7. The number of esters is 1. The second kappa shape index (κ2) is 68.0. The molecule has 0 spiro atoms. The summed E-state index contributed by atoms with van der Waals surface area (Å²) in [4.78, 5) is 23.5. The Kier molecular flexibility index (Phi) is 68.9. The van der Waals surface area contributed by atoms with Gasteiger partial charge in [0.15, 0.2) is 0 Å². The Hall–Kier alpha value is -1.06. The first-order chi connectivity index (χ1) is 35.5. The number of aliphatic carboxylic acids is 1. The zero-order chi connectivity index (χ0) is 52.6. The van der Waals surface area contributed by atoms with E-state index in [1.54, 1.807) is 0 Å². The van der Waals surface area contributed by atoms with Crippen LogP contribution in [0.4, 0.5) is 0 Å². The molecule has 4 nitrogen and oxygen atoms in total. The van der Waals surface area contributed by atoms with Gasteiger partial charge in [-0.25, -0.2) is 0 Å². The van der Waals surface area contributed by atoms with Crippen LogP contribution in [-0.4, -0.2) is 23.7 Å². The van der Waals surface area contributed by atoms with E-state index in [4.69, 9.17) is 4.74 Å². The molecule has 0 heterocycles. The number of ether oxygens (including phenoxy) is 1. The van der Waals surface area contributed by atoms with Gasteiger partial charge in [-0.2, -0.15) is 0 Å². The fraction of sp³-hybridized carbons (Fsp3) is 0.971. The van der Waals surface area contributed by atoms with Crippen molar-refractivity contribution < 1.29 is 19.4 Å². The van der Waals surface area contributed by atoms with Crippen LogP contribution in [0.3, 0.4) is 0 Å². The second-order valence-electron chi connectivity index (χ2n) is 23.3. The molecule has 0 aliphatic heterocycles. The SMILES string of the molecule is CCCCCCCCCCCCCCCCCCC(CCCCCCCCCCCCCC)C(=O)O.CCCCCCCCCCCCCCCCCCOC(=O)CCCCCCCCCCCCCCC. The highest BCUT2D eigenvalue weighted by Gasteiger charge is 2.16. The molecule has 0 rings (SSSR count). The third-order valence-corrected chi connectivity index (χ3v) is 15.9. The quantitative estimate of drug-likeness (QED) is 0.0487. The van der Waals surface area contributed by atoms with Crippen molar-refractivity contribution in [2.45, 2.75) is 413 Å². The summed E-state index contributed by atoms with van der Waals surface area (Å²) < 4.78 is 5.43. The minimum atomic E-state index is -0.556. The summed E-state index contributed by atoms with van der Waals surface area (Å²) in [6.07, 6.45) is 80.0. The second-order valence-corrected chi connectivity index (χ2v) is 23.3. The smallest absolute Gasteiger partial charge is 0.306 e. The van der Waals surface area contributed by atoms with E-state index >= 15 is 0 Å². The number of carbonyl (C=O) groups is 2. The molecule has 0 aromatic rings. The summed E-state index contributed by atoms with van der Waals surface area (Å²) in [5.41, 5.74) is 0. The fourth-order valence-corrected chi connectivity index (χ4v) is 10.8. The van der Waals surface area contributed by atoms with Crippen LogP contribution in [-0.2, 0) is 14.3 Å². The van der Waals surface area contributed by atoms with E-state index in [2.05, 4.69) is 27.7 Å². The summed E-state index contributed by atoms with van der Waals surface area (Å²) in [5, 5.41) is 9.58. The van der Waals surface area contributed by atoms with Gasteiger partial charge in [-0.05, 0) is 25.7 Å². The molecule has 0 fully saturated rings. The zero-order valence-electron chi connectivity index (χ0n) is 50.4. The van der Waals surface area contributed by atoms with Crippen molar-refractivity contribution in [3.05, 3.63) is 0 Å². The van der Waals surface area contributed by atoms with E-state index in [0.717, 1.165) is 38.5 Å². The Morgan fingerprint density at radius 2 is 0.444 bits per heavy atom. The maximum absolute atomic E-state index is 11.9. The summed E-state index contributed by atoms with van der Waals surface area (Å²) >= 11 is 0. The van der Waals surface area contributed by atoms with Crippen LogP contribution in [0.25, 0.3) is 0 Å². The van der Waals surface area contributed by atoms with Gasteiger partial charge in [-0.1, -0.05) is 381 Å². The molecule has 1 atom stereocenters. The molecule has 0 saturated carbocycles.